The van der Waals surface area contributed by atoms with E-state index in [0.29, 0.717) is 29.7 Å². The molecule has 0 aliphatic carbocycles. The van der Waals surface area contributed by atoms with Crippen molar-refractivity contribution in [2.24, 2.45) is 0 Å². The average molecular weight is 552 g/mol. The van der Waals surface area contributed by atoms with Gasteiger partial charge in [-0.3, -0.25) is 13.9 Å². The Morgan fingerprint density at radius 3 is 2.30 bits per heavy atom. The van der Waals surface area contributed by atoms with Crippen LogP contribution in [0.15, 0.2) is 42.5 Å². The SMILES string of the molecule is CCC(C)NC(=O)C(C)N(Cc1ccc(Cl)cc1)C(=O)CN(c1ccc2c(c1)OCCO2)S(=O)(=O)CC. The summed E-state index contributed by atoms with van der Waals surface area (Å²) < 4.78 is 38.4. The van der Waals surface area contributed by atoms with Crippen LogP contribution in [0.1, 0.15) is 39.7 Å². The van der Waals surface area contributed by atoms with Crippen molar-refractivity contribution in [3.05, 3.63) is 53.1 Å². The summed E-state index contributed by atoms with van der Waals surface area (Å²) in [5.74, 6) is -0.132. The quantitative estimate of drug-likeness (QED) is 0.457. The van der Waals surface area contributed by atoms with Crippen LogP contribution in [0, 0.1) is 0 Å². The third kappa shape index (κ3) is 7.29. The van der Waals surface area contributed by atoms with Gasteiger partial charge in [0.05, 0.1) is 11.4 Å². The molecule has 2 unspecified atom stereocenters. The molecule has 2 amide bonds. The molecule has 11 heteroatoms. The fourth-order valence-corrected chi connectivity index (χ4v) is 4.92. The molecule has 1 aliphatic rings. The average Bonchev–Trinajstić information content (AvgIpc) is 2.90. The second-order valence-electron chi connectivity index (χ2n) is 8.88. The molecule has 0 fully saturated rings. The van der Waals surface area contributed by atoms with Crippen LogP contribution in [-0.2, 0) is 26.2 Å². The van der Waals surface area contributed by atoms with Crippen molar-refractivity contribution in [3.63, 3.8) is 0 Å². The summed E-state index contributed by atoms with van der Waals surface area (Å²) in [5, 5.41) is 3.45. The van der Waals surface area contributed by atoms with E-state index in [0.717, 1.165) is 16.3 Å². The number of nitrogens with zero attached hydrogens (tertiary/aromatic N) is 2. The fourth-order valence-electron chi connectivity index (χ4n) is 3.74. The van der Waals surface area contributed by atoms with Gasteiger partial charge in [0, 0.05) is 23.7 Å². The number of carbonyl (C=O) groups is 2. The first kappa shape index (κ1) is 28.6. The molecule has 0 bridgehead atoms. The lowest BCUT2D eigenvalue weighted by atomic mass is 10.1. The van der Waals surface area contributed by atoms with Gasteiger partial charge in [-0.15, -0.1) is 0 Å². The molecule has 37 heavy (non-hydrogen) atoms. The maximum Gasteiger partial charge on any atom is 0.244 e. The number of anilines is 1. The lowest BCUT2D eigenvalue weighted by molar-refractivity contribution is -0.139. The van der Waals surface area contributed by atoms with Crippen LogP contribution in [0.4, 0.5) is 5.69 Å². The first-order chi connectivity index (χ1) is 17.6. The lowest BCUT2D eigenvalue weighted by Gasteiger charge is -2.32. The van der Waals surface area contributed by atoms with Gasteiger partial charge in [-0.1, -0.05) is 30.7 Å². The Morgan fingerprint density at radius 1 is 1.03 bits per heavy atom. The number of fused-ring (bicyclic) bond motifs is 1. The fraction of sp³-hybridized carbons (Fsp3) is 0.462. The van der Waals surface area contributed by atoms with Crippen LogP contribution in [0.3, 0.4) is 0 Å². The van der Waals surface area contributed by atoms with E-state index < -0.39 is 28.5 Å². The molecule has 1 heterocycles. The number of sulfonamides is 1. The number of nitrogens with one attached hydrogen (secondary N) is 1. The molecule has 0 spiro atoms. The van der Waals surface area contributed by atoms with E-state index in [1.54, 1.807) is 49.4 Å². The highest BCUT2D eigenvalue weighted by Gasteiger charge is 2.32. The molecule has 1 N–H and O–H groups in total. The molecule has 9 nitrogen and oxygen atoms in total. The van der Waals surface area contributed by atoms with Crippen LogP contribution in [0.25, 0.3) is 0 Å². The highest BCUT2D eigenvalue weighted by molar-refractivity contribution is 7.92. The molecule has 0 saturated carbocycles. The van der Waals surface area contributed by atoms with Crippen molar-refractivity contribution < 1.29 is 27.5 Å². The first-order valence-electron chi connectivity index (χ1n) is 12.3. The Hall–Kier alpha value is -2.98. The molecule has 2 aromatic rings. The number of rotatable bonds is 11. The number of carbonyl (C=O) groups excluding carboxylic acids is 2. The maximum atomic E-state index is 13.7. The molecule has 3 rings (SSSR count). The molecule has 1 aliphatic heterocycles. The Kier molecular flexibility index (Phi) is 9.67. The van der Waals surface area contributed by atoms with E-state index in [-0.39, 0.29) is 29.9 Å². The molecule has 0 aromatic heterocycles. The monoisotopic (exact) mass is 551 g/mol. The van der Waals surface area contributed by atoms with Crippen LogP contribution in [0.5, 0.6) is 11.5 Å². The van der Waals surface area contributed by atoms with Gasteiger partial charge in [-0.2, -0.15) is 0 Å². The summed E-state index contributed by atoms with van der Waals surface area (Å²) in [6, 6.07) is 10.8. The van der Waals surface area contributed by atoms with Crippen molar-refractivity contribution >= 4 is 39.1 Å². The summed E-state index contributed by atoms with van der Waals surface area (Å²) >= 11 is 6.01. The normalized spacial score (nSPS) is 14.4. The second-order valence-corrected chi connectivity index (χ2v) is 11.5. The molecule has 0 radical (unpaired) electrons. The predicted octanol–water partition coefficient (Wildman–Crippen LogP) is 3.60. The maximum absolute atomic E-state index is 13.7. The van der Waals surface area contributed by atoms with Gasteiger partial charge >= 0.3 is 0 Å². The summed E-state index contributed by atoms with van der Waals surface area (Å²) in [6.07, 6.45) is 0.732. The summed E-state index contributed by atoms with van der Waals surface area (Å²) in [4.78, 5) is 28.1. The Bertz CT molecular complexity index is 1210. The molecule has 0 saturated heterocycles. The molecular weight excluding hydrogens is 518 g/mol. The van der Waals surface area contributed by atoms with E-state index in [4.69, 9.17) is 21.1 Å². The number of hydrogen-bond donors (Lipinski definition) is 1. The topological polar surface area (TPSA) is 105 Å². The summed E-state index contributed by atoms with van der Waals surface area (Å²) in [5.41, 5.74) is 1.03. The minimum atomic E-state index is -3.84. The van der Waals surface area contributed by atoms with Gasteiger partial charge in [-0.05, 0) is 57.0 Å². The van der Waals surface area contributed by atoms with E-state index in [9.17, 15) is 18.0 Å². The van der Waals surface area contributed by atoms with Crippen LogP contribution in [-0.4, -0.2) is 62.7 Å². The van der Waals surface area contributed by atoms with Crippen molar-refractivity contribution in [1.29, 1.82) is 0 Å². The van der Waals surface area contributed by atoms with Gasteiger partial charge in [0.15, 0.2) is 11.5 Å². The van der Waals surface area contributed by atoms with Crippen molar-refractivity contribution in [2.45, 2.75) is 52.7 Å². The smallest absolute Gasteiger partial charge is 0.244 e. The number of benzene rings is 2. The second kappa shape index (κ2) is 12.5. The lowest BCUT2D eigenvalue weighted by Crippen LogP contribution is -2.52. The van der Waals surface area contributed by atoms with E-state index in [1.165, 1.54) is 11.8 Å². The van der Waals surface area contributed by atoms with Crippen molar-refractivity contribution in [1.82, 2.24) is 10.2 Å². The minimum absolute atomic E-state index is 0.0721. The number of halogens is 1. The van der Waals surface area contributed by atoms with Gasteiger partial charge in [-0.25, -0.2) is 8.42 Å². The van der Waals surface area contributed by atoms with Gasteiger partial charge < -0.3 is 19.7 Å². The summed E-state index contributed by atoms with van der Waals surface area (Å²) in [6.45, 7) is 7.34. The van der Waals surface area contributed by atoms with E-state index >= 15 is 0 Å². The van der Waals surface area contributed by atoms with Crippen LogP contribution < -0.4 is 19.1 Å². The van der Waals surface area contributed by atoms with Crippen LogP contribution >= 0.6 is 11.6 Å². The first-order valence-corrected chi connectivity index (χ1v) is 14.3. The molecular formula is C26H34ClN3O6S. The van der Waals surface area contributed by atoms with Gasteiger partial charge in [0.1, 0.15) is 25.8 Å². The third-order valence-corrected chi connectivity index (χ3v) is 8.22. The Morgan fingerprint density at radius 2 is 1.68 bits per heavy atom. The highest BCUT2D eigenvalue weighted by Crippen LogP contribution is 2.35. The van der Waals surface area contributed by atoms with Crippen molar-refractivity contribution in [3.8, 4) is 11.5 Å². The molecule has 2 atom stereocenters. The molecule has 2 aromatic carbocycles. The zero-order valence-electron chi connectivity index (χ0n) is 21.6. The summed E-state index contributed by atoms with van der Waals surface area (Å²) in [7, 11) is -3.84. The number of ether oxygens (including phenoxy) is 2. The predicted molar refractivity (Wildman–Crippen MR) is 144 cm³/mol. The Labute approximate surface area is 223 Å². The Balaban J connectivity index is 1.94. The largest absolute Gasteiger partial charge is 0.486 e. The third-order valence-electron chi connectivity index (χ3n) is 6.23. The highest BCUT2D eigenvalue weighted by atomic mass is 35.5. The standard InChI is InChI=1S/C26H34ClN3O6S/c1-5-18(3)28-26(32)19(4)29(16-20-7-9-21(27)10-8-20)25(31)17-30(37(33,34)6-2)22-11-12-23-24(15-22)36-14-13-35-23/h7-12,15,18-19H,5-6,13-14,16-17H2,1-4H3,(H,28,32). The minimum Gasteiger partial charge on any atom is -0.486 e. The van der Waals surface area contributed by atoms with E-state index in [2.05, 4.69) is 5.32 Å². The number of amides is 2. The van der Waals surface area contributed by atoms with Gasteiger partial charge in [0.25, 0.3) is 0 Å². The van der Waals surface area contributed by atoms with E-state index in [1.807, 2.05) is 13.8 Å². The van der Waals surface area contributed by atoms with Crippen molar-refractivity contribution in [2.75, 3.05) is 29.8 Å². The van der Waals surface area contributed by atoms with Crippen LogP contribution in [0.2, 0.25) is 5.02 Å². The van der Waals surface area contributed by atoms with Gasteiger partial charge in [0.2, 0.25) is 21.8 Å². The molecule has 202 valence electrons. The zero-order valence-corrected chi connectivity index (χ0v) is 23.1. The zero-order chi connectivity index (χ0) is 27.2. The number of hydrogen-bond acceptors (Lipinski definition) is 6.